The van der Waals surface area contributed by atoms with Crippen molar-refractivity contribution in [1.82, 2.24) is 5.32 Å². The fraction of sp³-hybridized carbons (Fsp3) is 0.600. The Kier molecular flexibility index (Phi) is 3.08. The molecular weight excluding hydrogens is 242 g/mol. The summed E-state index contributed by atoms with van der Waals surface area (Å²) < 4.78 is 84.8. The number of ether oxygens (including phenoxy) is 2. The lowest BCUT2D eigenvalue weighted by atomic mass is 10.1. The molecule has 0 aliphatic heterocycles. The van der Waals surface area contributed by atoms with E-state index in [0.29, 0.717) is 0 Å². The van der Waals surface area contributed by atoms with Crippen LogP contribution in [0.3, 0.4) is 0 Å². The van der Waals surface area contributed by atoms with Gasteiger partial charge in [-0.25, -0.2) is 0 Å². The lowest BCUT2D eigenvalue weighted by Gasteiger charge is -2.15. The molecule has 0 aliphatic carbocycles. The molecular formula is C15H25NO3. The van der Waals surface area contributed by atoms with E-state index in [1.165, 1.54) is 12.1 Å². The standard InChI is InChI=1S/C15H25NO3/c1-12(2)16-10-14(17)11-19-15-6-4-13(5-7-15)8-9-18-3/h4-7,12,14,16-17H,8-11H2,1-3H3/i3D3,8D2,9D2,10D2,14D. The Bertz CT molecular complexity index is 674. The van der Waals surface area contributed by atoms with Crippen molar-refractivity contribution in [3.8, 4) is 5.75 Å². The third-order valence-corrected chi connectivity index (χ3v) is 1.98. The molecule has 4 heteroatoms. The Hall–Kier alpha value is -1.10. The van der Waals surface area contributed by atoms with Crippen LogP contribution in [0.5, 0.6) is 5.75 Å². The van der Waals surface area contributed by atoms with Crippen molar-refractivity contribution in [2.24, 2.45) is 0 Å². The third kappa shape index (κ3) is 7.15. The maximum atomic E-state index is 10.1. The summed E-state index contributed by atoms with van der Waals surface area (Å²) in [6, 6.07) is 4.39. The molecule has 0 spiro atoms. The number of methoxy groups -OCH3 is 1. The molecule has 1 rings (SSSR count). The Balaban J connectivity index is 2.91. The summed E-state index contributed by atoms with van der Waals surface area (Å²) in [6.45, 7) is -3.07. The number of nitrogens with one attached hydrogen (secondary N) is 1. The molecule has 0 amide bonds. The van der Waals surface area contributed by atoms with Crippen LogP contribution >= 0.6 is 0 Å². The van der Waals surface area contributed by atoms with Crippen molar-refractivity contribution < 1.29 is 28.3 Å². The third-order valence-electron chi connectivity index (χ3n) is 1.98. The second kappa shape index (κ2) is 8.91. The van der Waals surface area contributed by atoms with Crippen molar-refractivity contribution in [1.29, 1.82) is 0 Å². The quantitative estimate of drug-likeness (QED) is 0.720. The number of aliphatic hydroxyl groups is 1. The molecule has 0 saturated heterocycles. The minimum absolute atomic E-state index is 0.0628. The monoisotopic (exact) mass is 277 g/mol. The molecule has 108 valence electrons. The Morgan fingerprint density at radius 1 is 1.42 bits per heavy atom. The first-order chi connectivity index (χ1) is 12.8. The van der Waals surface area contributed by atoms with Crippen LogP contribution in [-0.4, -0.2) is 43.9 Å². The zero-order valence-corrected chi connectivity index (χ0v) is 10.9. The van der Waals surface area contributed by atoms with Gasteiger partial charge in [0.15, 0.2) is 0 Å². The Morgan fingerprint density at radius 3 is 2.79 bits per heavy atom. The van der Waals surface area contributed by atoms with Gasteiger partial charge in [-0.1, -0.05) is 26.0 Å². The first-order valence-electron chi connectivity index (χ1n) is 10.7. The van der Waals surface area contributed by atoms with Crippen LogP contribution in [0.1, 0.15) is 33.1 Å². The predicted octanol–water partition coefficient (Wildman–Crippen LogP) is 1.61. The molecule has 0 radical (unpaired) electrons. The van der Waals surface area contributed by atoms with Gasteiger partial charge in [0.1, 0.15) is 18.4 Å². The van der Waals surface area contributed by atoms with Crippen LogP contribution in [0.15, 0.2) is 24.3 Å². The smallest absolute Gasteiger partial charge is 0.119 e. The van der Waals surface area contributed by atoms with E-state index in [-0.39, 0.29) is 17.4 Å². The fourth-order valence-electron chi connectivity index (χ4n) is 1.13. The summed E-state index contributed by atoms with van der Waals surface area (Å²) in [7, 11) is -3.14. The first kappa shape index (κ1) is 6.57. The number of benzene rings is 1. The van der Waals surface area contributed by atoms with Gasteiger partial charge in [0, 0.05) is 25.1 Å². The highest BCUT2D eigenvalue weighted by Crippen LogP contribution is 2.12. The van der Waals surface area contributed by atoms with Crippen LogP contribution in [0, 0.1) is 0 Å². The number of hydrogen-bond donors (Lipinski definition) is 2. The lowest BCUT2D eigenvalue weighted by molar-refractivity contribution is 0.104. The van der Waals surface area contributed by atoms with Crippen LogP contribution in [0.25, 0.3) is 0 Å². The molecule has 0 aliphatic rings. The highest BCUT2D eigenvalue weighted by molar-refractivity contribution is 5.27. The molecule has 4 nitrogen and oxygen atoms in total. The van der Waals surface area contributed by atoms with Gasteiger partial charge in [-0.2, -0.15) is 0 Å². The van der Waals surface area contributed by atoms with E-state index in [4.69, 9.17) is 18.4 Å². The minimum atomic E-state index is -3.15. The first-order valence-corrected chi connectivity index (χ1v) is 5.74. The number of hydrogen-bond acceptors (Lipinski definition) is 4. The van der Waals surface area contributed by atoms with E-state index in [1.54, 1.807) is 13.8 Å². The van der Waals surface area contributed by atoms with Crippen molar-refractivity contribution in [3.05, 3.63) is 29.8 Å². The van der Waals surface area contributed by atoms with Gasteiger partial charge < -0.3 is 19.9 Å². The minimum Gasteiger partial charge on any atom is -0.491 e. The van der Waals surface area contributed by atoms with Gasteiger partial charge in [-0.05, 0) is 24.1 Å². The number of rotatable bonds is 9. The van der Waals surface area contributed by atoms with E-state index in [9.17, 15) is 5.11 Å². The van der Waals surface area contributed by atoms with Crippen molar-refractivity contribution in [2.75, 3.05) is 26.7 Å². The molecule has 1 atom stereocenters. The highest BCUT2D eigenvalue weighted by Gasteiger charge is 2.05. The molecule has 0 saturated carbocycles. The predicted molar refractivity (Wildman–Crippen MR) is 76.7 cm³/mol. The highest BCUT2D eigenvalue weighted by atomic mass is 16.5. The lowest BCUT2D eigenvalue weighted by Crippen LogP contribution is -2.35. The Morgan fingerprint density at radius 2 is 2.16 bits per heavy atom. The SMILES string of the molecule is [2H]C([2H])([2H])OC([2H])([2H])C([2H])([2H])c1ccc(OCC([2H])(O)C([2H])([2H])NC(C)C)cc1. The molecule has 0 bridgehead atoms. The zero-order chi connectivity index (χ0) is 22.9. The molecule has 1 unspecified atom stereocenters. The summed E-state index contributed by atoms with van der Waals surface area (Å²) in [5.74, 6) is 0.0628. The topological polar surface area (TPSA) is 50.7 Å². The normalized spacial score (nSPS) is 25.1. The summed E-state index contributed by atoms with van der Waals surface area (Å²) >= 11 is 0. The average molecular weight is 277 g/mol. The summed E-state index contributed by atoms with van der Waals surface area (Å²) in [4.78, 5) is 0. The van der Waals surface area contributed by atoms with Gasteiger partial charge in [0.25, 0.3) is 0 Å². The van der Waals surface area contributed by atoms with Gasteiger partial charge in [-0.3, -0.25) is 0 Å². The molecule has 1 aromatic rings. The molecule has 1 aromatic carbocycles. The average Bonchev–Trinajstić information content (AvgIpc) is 2.49. The van der Waals surface area contributed by atoms with Crippen LogP contribution in [0.2, 0.25) is 0 Å². The summed E-state index contributed by atoms with van der Waals surface area (Å²) in [5, 5.41) is 12.5. The molecule has 0 heterocycles. The van der Waals surface area contributed by atoms with E-state index < -0.39 is 39.2 Å². The van der Waals surface area contributed by atoms with Gasteiger partial charge in [-0.15, -0.1) is 0 Å². The van der Waals surface area contributed by atoms with Crippen molar-refractivity contribution >= 4 is 0 Å². The fourth-order valence-corrected chi connectivity index (χ4v) is 1.13. The zero-order valence-electron chi connectivity index (χ0n) is 20.9. The molecule has 19 heavy (non-hydrogen) atoms. The summed E-state index contributed by atoms with van der Waals surface area (Å²) in [5.41, 5.74) is -0.225. The van der Waals surface area contributed by atoms with Gasteiger partial charge >= 0.3 is 0 Å². The molecule has 0 fully saturated rings. The van der Waals surface area contributed by atoms with Gasteiger partial charge in [0.05, 0.1) is 14.8 Å². The van der Waals surface area contributed by atoms with Crippen LogP contribution < -0.4 is 10.1 Å². The number of aryl methyl sites for hydroxylation is 1. The van der Waals surface area contributed by atoms with Crippen LogP contribution in [0.4, 0.5) is 0 Å². The second-order valence-electron chi connectivity index (χ2n) is 4.01. The van der Waals surface area contributed by atoms with E-state index in [0.717, 1.165) is 12.1 Å². The largest absolute Gasteiger partial charge is 0.491 e. The van der Waals surface area contributed by atoms with E-state index in [1.807, 2.05) is 0 Å². The van der Waals surface area contributed by atoms with Crippen molar-refractivity contribution in [3.63, 3.8) is 0 Å². The van der Waals surface area contributed by atoms with E-state index >= 15 is 0 Å². The molecule has 0 aromatic heterocycles. The van der Waals surface area contributed by atoms with E-state index in [2.05, 4.69) is 10.1 Å². The van der Waals surface area contributed by atoms with Crippen LogP contribution in [-0.2, 0) is 11.1 Å². The summed E-state index contributed by atoms with van der Waals surface area (Å²) in [6.07, 6.45) is -5.44. The molecule has 2 N–H and O–H groups in total. The second-order valence-corrected chi connectivity index (χ2v) is 4.01. The maximum absolute atomic E-state index is 10.1. The van der Waals surface area contributed by atoms with Gasteiger partial charge in [0.2, 0.25) is 0 Å². The maximum Gasteiger partial charge on any atom is 0.119 e. The van der Waals surface area contributed by atoms with Crippen molar-refractivity contribution in [2.45, 2.75) is 32.3 Å². The Labute approximate surface area is 129 Å².